The predicted octanol–water partition coefficient (Wildman–Crippen LogP) is 0.752. The quantitative estimate of drug-likeness (QED) is 0.647. The van der Waals surface area contributed by atoms with Crippen LogP contribution in [0.1, 0.15) is 32.6 Å². The smallest absolute Gasteiger partial charge is 0.281 e. The molecule has 1 unspecified atom stereocenters. The molecule has 0 amide bonds. The summed E-state index contributed by atoms with van der Waals surface area (Å²) in [6.07, 6.45) is 3.60. The topological polar surface area (TPSA) is 66.4 Å². The summed E-state index contributed by atoms with van der Waals surface area (Å²) in [5.74, 6) is 0. The summed E-state index contributed by atoms with van der Waals surface area (Å²) in [7, 11) is -3.90. The molecule has 0 bridgehead atoms. The highest BCUT2D eigenvalue weighted by atomic mass is 32.2. The van der Waals surface area contributed by atoms with E-state index in [9.17, 15) is 8.42 Å². The van der Waals surface area contributed by atoms with Crippen LogP contribution in [0.25, 0.3) is 0 Å². The molecule has 0 spiro atoms. The normalized spacial score (nSPS) is 21.8. The highest BCUT2D eigenvalue weighted by molar-refractivity contribution is 7.86. The molecule has 1 aliphatic carbocycles. The fourth-order valence-electron chi connectivity index (χ4n) is 1.25. The maximum atomic E-state index is 10.7. The lowest BCUT2D eigenvalue weighted by Crippen LogP contribution is -2.45. The van der Waals surface area contributed by atoms with Crippen molar-refractivity contribution in [1.29, 1.82) is 0 Å². The summed E-state index contributed by atoms with van der Waals surface area (Å²) >= 11 is 0. The zero-order chi connectivity index (χ0) is 9.19. The van der Waals surface area contributed by atoms with Crippen molar-refractivity contribution >= 4 is 10.1 Å². The minimum Gasteiger partial charge on any atom is -0.296 e. The van der Waals surface area contributed by atoms with Crippen molar-refractivity contribution in [2.24, 2.45) is 0 Å². The molecule has 0 aromatic heterocycles. The van der Waals surface area contributed by atoms with Crippen LogP contribution in [0, 0.1) is 0 Å². The molecule has 5 heteroatoms. The van der Waals surface area contributed by atoms with Crippen LogP contribution in [0.15, 0.2) is 0 Å². The maximum Gasteiger partial charge on any atom is 0.281 e. The molecule has 12 heavy (non-hydrogen) atoms. The summed E-state index contributed by atoms with van der Waals surface area (Å²) in [4.78, 5) is 0. The molecule has 1 fully saturated rings. The summed E-state index contributed by atoms with van der Waals surface area (Å²) in [5.41, 5.74) is 0. The van der Waals surface area contributed by atoms with E-state index in [0.717, 1.165) is 19.3 Å². The Kier molecular flexibility index (Phi) is 3.09. The van der Waals surface area contributed by atoms with Gasteiger partial charge in [0.1, 0.15) is 5.37 Å². The van der Waals surface area contributed by atoms with Gasteiger partial charge in [-0.15, -0.1) is 0 Å². The standard InChI is InChI=1S/C7H15NO3S/c1-2-7(12(9,10)11)8-6-4-3-5-6/h6-8H,2-5H2,1H3,(H,9,10,11). The van der Waals surface area contributed by atoms with Gasteiger partial charge in [-0.3, -0.25) is 9.87 Å². The summed E-state index contributed by atoms with van der Waals surface area (Å²) in [6.45, 7) is 1.74. The fourth-order valence-corrected chi connectivity index (χ4v) is 2.04. The van der Waals surface area contributed by atoms with Gasteiger partial charge in [-0.25, -0.2) is 0 Å². The Labute approximate surface area is 73.1 Å². The lowest BCUT2D eigenvalue weighted by Gasteiger charge is -2.29. The van der Waals surface area contributed by atoms with E-state index in [2.05, 4.69) is 5.32 Å². The first-order valence-electron chi connectivity index (χ1n) is 4.26. The van der Waals surface area contributed by atoms with Crippen LogP contribution in [0.2, 0.25) is 0 Å². The van der Waals surface area contributed by atoms with Crippen LogP contribution >= 0.6 is 0 Å². The number of nitrogens with one attached hydrogen (secondary N) is 1. The first-order chi connectivity index (χ1) is 5.54. The van der Waals surface area contributed by atoms with Gasteiger partial charge in [-0.05, 0) is 19.3 Å². The molecule has 0 radical (unpaired) electrons. The molecular formula is C7H15NO3S. The van der Waals surface area contributed by atoms with Gasteiger partial charge >= 0.3 is 0 Å². The summed E-state index contributed by atoms with van der Waals surface area (Å²) in [6, 6.07) is 0.289. The Morgan fingerprint density at radius 1 is 1.58 bits per heavy atom. The highest BCUT2D eigenvalue weighted by Gasteiger charge is 2.26. The Balaban J connectivity index is 2.45. The minimum atomic E-state index is -3.90. The van der Waals surface area contributed by atoms with E-state index in [4.69, 9.17) is 4.55 Å². The fraction of sp³-hybridized carbons (Fsp3) is 1.00. The van der Waals surface area contributed by atoms with Gasteiger partial charge in [-0.1, -0.05) is 13.3 Å². The van der Waals surface area contributed by atoms with Gasteiger partial charge in [0.15, 0.2) is 0 Å². The van der Waals surface area contributed by atoms with Crippen LogP contribution in [-0.2, 0) is 10.1 Å². The lowest BCUT2D eigenvalue weighted by atomic mass is 9.93. The second-order valence-electron chi connectivity index (χ2n) is 3.21. The largest absolute Gasteiger partial charge is 0.296 e. The van der Waals surface area contributed by atoms with E-state index in [1.54, 1.807) is 6.92 Å². The number of hydrogen-bond acceptors (Lipinski definition) is 3. The van der Waals surface area contributed by atoms with Crippen LogP contribution in [0.3, 0.4) is 0 Å². The van der Waals surface area contributed by atoms with Crippen molar-refractivity contribution in [3.63, 3.8) is 0 Å². The monoisotopic (exact) mass is 193 g/mol. The Hall–Kier alpha value is -0.130. The van der Waals surface area contributed by atoms with E-state index in [-0.39, 0.29) is 6.04 Å². The third-order valence-electron chi connectivity index (χ3n) is 2.26. The van der Waals surface area contributed by atoms with Gasteiger partial charge < -0.3 is 0 Å². The van der Waals surface area contributed by atoms with Crippen LogP contribution < -0.4 is 5.32 Å². The van der Waals surface area contributed by atoms with Crippen molar-refractivity contribution in [2.45, 2.75) is 44.0 Å². The van der Waals surface area contributed by atoms with E-state index in [0.29, 0.717) is 6.42 Å². The Morgan fingerprint density at radius 2 is 2.17 bits per heavy atom. The first kappa shape index (κ1) is 9.95. The van der Waals surface area contributed by atoms with Gasteiger partial charge in [-0.2, -0.15) is 8.42 Å². The van der Waals surface area contributed by atoms with E-state index in [1.807, 2.05) is 0 Å². The molecule has 1 aliphatic rings. The third-order valence-corrected chi connectivity index (χ3v) is 3.45. The van der Waals surface area contributed by atoms with E-state index < -0.39 is 15.5 Å². The highest BCUT2D eigenvalue weighted by Crippen LogP contribution is 2.19. The molecule has 0 aromatic rings. The summed E-state index contributed by atoms with van der Waals surface area (Å²) < 4.78 is 30.2. The molecule has 0 saturated heterocycles. The van der Waals surface area contributed by atoms with Crippen molar-refractivity contribution in [3.05, 3.63) is 0 Å². The minimum absolute atomic E-state index is 0.289. The molecule has 1 rings (SSSR count). The van der Waals surface area contributed by atoms with Gasteiger partial charge in [0.2, 0.25) is 0 Å². The molecule has 0 heterocycles. The summed E-state index contributed by atoms with van der Waals surface area (Å²) in [5, 5.41) is 2.13. The maximum absolute atomic E-state index is 10.7. The second kappa shape index (κ2) is 3.72. The Bertz CT molecular complexity index is 233. The molecule has 0 aliphatic heterocycles. The third kappa shape index (κ3) is 2.43. The lowest BCUT2D eigenvalue weighted by molar-refractivity contribution is 0.317. The van der Waals surface area contributed by atoms with Gasteiger partial charge in [0.05, 0.1) is 0 Å². The SMILES string of the molecule is CCC(NC1CCC1)S(=O)(=O)O. The van der Waals surface area contributed by atoms with Crippen LogP contribution in [-0.4, -0.2) is 24.4 Å². The van der Waals surface area contributed by atoms with Gasteiger partial charge in [0, 0.05) is 6.04 Å². The molecule has 0 aromatic carbocycles. The number of hydrogen-bond donors (Lipinski definition) is 2. The molecule has 1 saturated carbocycles. The van der Waals surface area contributed by atoms with Crippen molar-refractivity contribution < 1.29 is 13.0 Å². The molecular weight excluding hydrogens is 178 g/mol. The van der Waals surface area contributed by atoms with Crippen LogP contribution in [0.5, 0.6) is 0 Å². The van der Waals surface area contributed by atoms with Crippen molar-refractivity contribution in [1.82, 2.24) is 5.32 Å². The molecule has 2 N–H and O–H groups in total. The van der Waals surface area contributed by atoms with Gasteiger partial charge in [0.25, 0.3) is 10.1 Å². The average molecular weight is 193 g/mol. The molecule has 4 nitrogen and oxygen atoms in total. The zero-order valence-electron chi connectivity index (χ0n) is 7.16. The molecule has 1 atom stereocenters. The predicted molar refractivity (Wildman–Crippen MR) is 46.4 cm³/mol. The average Bonchev–Trinajstić information content (AvgIpc) is 1.82. The Morgan fingerprint density at radius 3 is 2.42 bits per heavy atom. The molecule has 72 valence electrons. The van der Waals surface area contributed by atoms with Crippen LogP contribution in [0.4, 0.5) is 0 Å². The second-order valence-corrected chi connectivity index (χ2v) is 4.81. The van der Waals surface area contributed by atoms with E-state index in [1.165, 1.54) is 0 Å². The first-order valence-corrected chi connectivity index (χ1v) is 5.76. The van der Waals surface area contributed by atoms with E-state index >= 15 is 0 Å². The van der Waals surface area contributed by atoms with Crippen molar-refractivity contribution in [3.8, 4) is 0 Å². The number of rotatable bonds is 4. The zero-order valence-corrected chi connectivity index (χ0v) is 7.97. The van der Waals surface area contributed by atoms with Crippen molar-refractivity contribution in [2.75, 3.05) is 0 Å².